The number of anilines is 1. The molecule has 1 aromatic heterocycles. The topological polar surface area (TPSA) is 65.9 Å². The van der Waals surface area contributed by atoms with Gasteiger partial charge in [0.2, 0.25) is 0 Å². The van der Waals surface area contributed by atoms with E-state index in [-0.39, 0.29) is 0 Å². The van der Waals surface area contributed by atoms with Crippen LogP contribution in [-0.2, 0) is 0 Å². The molecule has 4 nitrogen and oxygen atoms in total. The Morgan fingerprint density at radius 1 is 1.40 bits per heavy atom. The Bertz CT molecular complexity index is 659. The predicted octanol–water partition coefficient (Wildman–Crippen LogP) is 2.28. The van der Waals surface area contributed by atoms with Gasteiger partial charge in [0.15, 0.2) is 0 Å². The number of piperidine rings is 1. The van der Waals surface area contributed by atoms with Crippen LogP contribution in [-0.4, -0.2) is 24.6 Å². The molecule has 0 aliphatic carbocycles. The van der Waals surface area contributed by atoms with Crippen molar-refractivity contribution < 1.29 is 0 Å². The Hall–Kier alpha value is -2.12. The fourth-order valence-corrected chi connectivity index (χ4v) is 2.88. The predicted molar refractivity (Wildman–Crippen MR) is 80.4 cm³/mol. The lowest BCUT2D eigenvalue weighted by atomic mass is 9.98. The Labute approximate surface area is 118 Å². The number of benzene rings is 1. The molecule has 1 unspecified atom stereocenters. The van der Waals surface area contributed by atoms with Crippen molar-refractivity contribution in [3.05, 3.63) is 35.9 Å². The fourth-order valence-electron chi connectivity index (χ4n) is 2.88. The van der Waals surface area contributed by atoms with Gasteiger partial charge in [-0.3, -0.25) is 0 Å². The first-order valence-corrected chi connectivity index (χ1v) is 7.06. The third kappa shape index (κ3) is 2.33. The van der Waals surface area contributed by atoms with E-state index in [0.717, 1.165) is 36.2 Å². The molecule has 0 saturated carbocycles. The van der Waals surface area contributed by atoms with E-state index in [0.29, 0.717) is 18.0 Å². The minimum absolute atomic E-state index is 0.503. The van der Waals surface area contributed by atoms with Gasteiger partial charge in [-0.1, -0.05) is 18.2 Å². The fraction of sp³-hybridized carbons (Fsp3) is 0.375. The van der Waals surface area contributed by atoms with E-state index in [1.165, 1.54) is 6.42 Å². The molecule has 2 aromatic rings. The van der Waals surface area contributed by atoms with Gasteiger partial charge in [0.25, 0.3) is 0 Å². The summed E-state index contributed by atoms with van der Waals surface area (Å²) in [6, 6.07) is 12.1. The molecule has 3 rings (SSSR count). The van der Waals surface area contributed by atoms with Gasteiger partial charge in [-0.15, -0.1) is 0 Å². The molecular formula is C16H18N4. The molecular weight excluding hydrogens is 248 g/mol. The molecule has 1 aromatic carbocycles. The van der Waals surface area contributed by atoms with E-state index >= 15 is 0 Å². The summed E-state index contributed by atoms with van der Waals surface area (Å²) in [4.78, 5) is 6.92. The van der Waals surface area contributed by atoms with Crippen molar-refractivity contribution in [3.63, 3.8) is 0 Å². The van der Waals surface area contributed by atoms with Crippen LogP contribution in [0.4, 0.5) is 5.82 Å². The number of para-hydroxylation sites is 1. The number of fused-ring (bicyclic) bond motifs is 1. The molecule has 1 saturated heterocycles. The smallest absolute Gasteiger partial charge is 0.147 e. The maximum absolute atomic E-state index is 9.39. The molecule has 0 spiro atoms. The SMILES string of the molecule is N#Cc1cc2ccccc2nc1N1CCCC(CN)C1. The lowest BCUT2D eigenvalue weighted by Gasteiger charge is -2.33. The quantitative estimate of drug-likeness (QED) is 0.905. The molecule has 4 heteroatoms. The summed E-state index contributed by atoms with van der Waals surface area (Å²) >= 11 is 0. The zero-order valence-electron chi connectivity index (χ0n) is 11.4. The summed E-state index contributed by atoms with van der Waals surface area (Å²) in [6.07, 6.45) is 2.28. The van der Waals surface area contributed by atoms with Crippen LogP contribution >= 0.6 is 0 Å². The zero-order chi connectivity index (χ0) is 13.9. The second-order valence-corrected chi connectivity index (χ2v) is 5.35. The Morgan fingerprint density at radius 2 is 2.25 bits per heavy atom. The van der Waals surface area contributed by atoms with Crippen LogP contribution in [0.1, 0.15) is 18.4 Å². The molecule has 20 heavy (non-hydrogen) atoms. The van der Waals surface area contributed by atoms with Crippen molar-refractivity contribution in [3.8, 4) is 6.07 Å². The van der Waals surface area contributed by atoms with Gasteiger partial charge in [-0.2, -0.15) is 5.26 Å². The number of pyridine rings is 1. The highest BCUT2D eigenvalue weighted by molar-refractivity contribution is 5.83. The van der Waals surface area contributed by atoms with Crippen LogP contribution in [0.3, 0.4) is 0 Å². The molecule has 1 fully saturated rings. The number of nitriles is 1. The van der Waals surface area contributed by atoms with Crippen LogP contribution in [0, 0.1) is 17.2 Å². The van der Waals surface area contributed by atoms with Gasteiger partial charge >= 0.3 is 0 Å². The summed E-state index contributed by atoms with van der Waals surface area (Å²) < 4.78 is 0. The summed E-state index contributed by atoms with van der Waals surface area (Å²) in [6.45, 7) is 2.55. The van der Waals surface area contributed by atoms with E-state index in [1.54, 1.807) is 0 Å². The van der Waals surface area contributed by atoms with Gasteiger partial charge < -0.3 is 10.6 Å². The largest absolute Gasteiger partial charge is 0.355 e. The lowest BCUT2D eigenvalue weighted by molar-refractivity contribution is 0.422. The second kappa shape index (κ2) is 5.48. The Morgan fingerprint density at radius 3 is 3.05 bits per heavy atom. The van der Waals surface area contributed by atoms with Gasteiger partial charge in [0, 0.05) is 18.5 Å². The molecule has 102 valence electrons. The van der Waals surface area contributed by atoms with E-state index in [1.807, 2.05) is 30.3 Å². The van der Waals surface area contributed by atoms with Gasteiger partial charge in [0.05, 0.1) is 11.1 Å². The molecule has 2 N–H and O–H groups in total. The van der Waals surface area contributed by atoms with E-state index in [4.69, 9.17) is 10.7 Å². The van der Waals surface area contributed by atoms with Gasteiger partial charge in [0.1, 0.15) is 11.9 Å². The summed E-state index contributed by atoms with van der Waals surface area (Å²) in [5.74, 6) is 1.31. The molecule has 1 atom stereocenters. The van der Waals surface area contributed by atoms with Crippen molar-refractivity contribution >= 4 is 16.7 Å². The maximum Gasteiger partial charge on any atom is 0.147 e. The van der Waals surface area contributed by atoms with Crippen molar-refractivity contribution in [2.24, 2.45) is 11.7 Å². The van der Waals surface area contributed by atoms with Crippen LogP contribution in [0.5, 0.6) is 0 Å². The normalized spacial score (nSPS) is 19.0. The number of hydrogen-bond donors (Lipinski definition) is 1. The van der Waals surface area contributed by atoms with Crippen molar-refractivity contribution in [1.29, 1.82) is 5.26 Å². The van der Waals surface area contributed by atoms with E-state index in [2.05, 4.69) is 11.0 Å². The highest BCUT2D eigenvalue weighted by atomic mass is 15.2. The van der Waals surface area contributed by atoms with Crippen LogP contribution in [0.2, 0.25) is 0 Å². The van der Waals surface area contributed by atoms with Gasteiger partial charge in [-0.05, 0) is 37.4 Å². The first-order chi connectivity index (χ1) is 9.81. The third-order valence-electron chi connectivity index (χ3n) is 3.98. The average molecular weight is 266 g/mol. The lowest BCUT2D eigenvalue weighted by Crippen LogP contribution is -2.39. The molecule has 0 radical (unpaired) electrons. The number of nitrogens with two attached hydrogens (primary N) is 1. The van der Waals surface area contributed by atoms with Crippen molar-refractivity contribution in [2.75, 3.05) is 24.5 Å². The van der Waals surface area contributed by atoms with Crippen LogP contribution < -0.4 is 10.6 Å². The highest BCUT2D eigenvalue weighted by Gasteiger charge is 2.22. The zero-order valence-corrected chi connectivity index (χ0v) is 11.4. The maximum atomic E-state index is 9.39. The minimum Gasteiger partial charge on any atom is -0.355 e. The van der Waals surface area contributed by atoms with Crippen molar-refractivity contribution in [2.45, 2.75) is 12.8 Å². The Kier molecular flexibility index (Phi) is 3.53. The molecule has 2 heterocycles. The number of aromatic nitrogens is 1. The molecule has 0 amide bonds. The molecule has 0 bridgehead atoms. The second-order valence-electron chi connectivity index (χ2n) is 5.35. The van der Waals surface area contributed by atoms with E-state index in [9.17, 15) is 5.26 Å². The first kappa shape index (κ1) is 12.9. The van der Waals surface area contributed by atoms with Crippen LogP contribution in [0.25, 0.3) is 10.9 Å². The van der Waals surface area contributed by atoms with Gasteiger partial charge in [-0.25, -0.2) is 4.98 Å². The highest BCUT2D eigenvalue weighted by Crippen LogP contribution is 2.27. The minimum atomic E-state index is 0.503. The average Bonchev–Trinajstić information content (AvgIpc) is 2.53. The first-order valence-electron chi connectivity index (χ1n) is 7.06. The Balaban J connectivity index is 2.03. The molecule has 1 aliphatic rings. The number of hydrogen-bond acceptors (Lipinski definition) is 4. The third-order valence-corrected chi connectivity index (χ3v) is 3.98. The number of rotatable bonds is 2. The van der Waals surface area contributed by atoms with Crippen molar-refractivity contribution in [1.82, 2.24) is 4.98 Å². The summed E-state index contributed by atoms with van der Waals surface area (Å²) in [5.41, 5.74) is 7.39. The van der Waals surface area contributed by atoms with E-state index < -0.39 is 0 Å². The summed E-state index contributed by atoms with van der Waals surface area (Å²) in [7, 11) is 0. The van der Waals surface area contributed by atoms with Crippen LogP contribution in [0.15, 0.2) is 30.3 Å². The molecule has 1 aliphatic heterocycles. The standard InChI is InChI=1S/C16H18N4/c17-9-12-4-3-7-20(11-12)16-14(10-18)8-13-5-1-2-6-15(13)19-16/h1-2,5-6,8,12H,3-4,7,9,11,17H2. The number of nitrogens with zero attached hydrogens (tertiary/aromatic N) is 3. The summed E-state index contributed by atoms with van der Waals surface area (Å²) in [5, 5.41) is 10.4. The monoisotopic (exact) mass is 266 g/mol.